The zero-order valence-electron chi connectivity index (χ0n) is 9.63. The fourth-order valence-corrected chi connectivity index (χ4v) is 2.07. The standard InChI is InChI=1S/C11H19N3O/c1-7-10(8(2)14-13-7)6-12-11-4-5-15-9(11)3/h9,11-12H,4-6H2,1-3H3,(H,13,14). The van der Waals surface area contributed by atoms with E-state index in [4.69, 9.17) is 4.74 Å². The highest BCUT2D eigenvalue weighted by Gasteiger charge is 2.23. The van der Waals surface area contributed by atoms with Gasteiger partial charge in [-0.3, -0.25) is 5.10 Å². The Labute approximate surface area is 90.4 Å². The molecule has 2 unspecified atom stereocenters. The van der Waals surface area contributed by atoms with E-state index in [1.165, 1.54) is 5.56 Å². The van der Waals surface area contributed by atoms with Crippen LogP contribution in [0.5, 0.6) is 0 Å². The van der Waals surface area contributed by atoms with Crippen LogP contribution in [-0.2, 0) is 11.3 Å². The first kappa shape index (κ1) is 10.6. The molecule has 0 spiro atoms. The summed E-state index contributed by atoms with van der Waals surface area (Å²) in [7, 11) is 0. The van der Waals surface area contributed by atoms with Crippen molar-refractivity contribution >= 4 is 0 Å². The smallest absolute Gasteiger partial charge is 0.0700 e. The molecular formula is C11H19N3O. The molecule has 1 fully saturated rings. The second-order valence-electron chi connectivity index (χ2n) is 4.26. The first-order valence-electron chi connectivity index (χ1n) is 5.54. The molecule has 2 N–H and O–H groups in total. The summed E-state index contributed by atoms with van der Waals surface area (Å²) in [5, 5.41) is 10.7. The Kier molecular flexibility index (Phi) is 3.07. The topological polar surface area (TPSA) is 49.9 Å². The van der Waals surface area contributed by atoms with Crippen molar-refractivity contribution in [3.8, 4) is 0 Å². The third-order valence-electron chi connectivity index (χ3n) is 3.20. The molecule has 2 heterocycles. The van der Waals surface area contributed by atoms with Gasteiger partial charge in [-0.2, -0.15) is 5.10 Å². The number of nitrogens with zero attached hydrogens (tertiary/aromatic N) is 1. The SMILES string of the molecule is Cc1n[nH]c(C)c1CNC1CCOC1C. The average Bonchev–Trinajstić information content (AvgIpc) is 2.73. The van der Waals surface area contributed by atoms with Crippen LogP contribution < -0.4 is 5.32 Å². The van der Waals surface area contributed by atoms with Gasteiger partial charge in [0, 0.05) is 30.5 Å². The molecule has 84 valence electrons. The van der Waals surface area contributed by atoms with Gasteiger partial charge in [0.25, 0.3) is 0 Å². The van der Waals surface area contributed by atoms with Gasteiger partial charge in [-0.15, -0.1) is 0 Å². The molecule has 4 heteroatoms. The van der Waals surface area contributed by atoms with Crippen LogP contribution in [0.4, 0.5) is 0 Å². The molecule has 1 aromatic heterocycles. The van der Waals surface area contributed by atoms with Crippen LogP contribution in [0.3, 0.4) is 0 Å². The largest absolute Gasteiger partial charge is 0.377 e. The van der Waals surface area contributed by atoms with Crippen molar-refractivity contribution in [2.24, 2.45) is 0 Å². The van der Waals surface area contributed by atoms with Gasteiger partial charge in [-0.1, -0.05) is 0 Å². The number of nitrogens with one attached hydrogen (secondary N) is 2. The van der Waals surface area contributed by atoms with Gasteiger partial charge in [0.05, 0.1) is 11.8 Å². The quantitative estimate of drug-likeness (QED) is 0.788. The van der Waals surface area contributed by atoms with E-state index in [0.717, 1.165) is 31.0 Å². The molecule has 15 heavy (non-hydrogen) atoms. The lowest BCUT2D eigenvalue weighted by atomic mass is 10.1. The minimum Gasteiger partial charge on any atom is -0.377 e. The molecule has 2 rings (SSSR count). The van der Waals surface area contributed by atoms with Crippen LogP contribution in [0.25, 0.3) is 0 Å². The van der Waals surface area contributed by atoms with Gasteiger partial charge in [0.15, 0.2) is 0 Å². The van der Waals surface area contributed by atoms with E-state index in [-0.39, 0.29) is 0 Å². The van der Waals surface area contributed by atoms with Crippen molar-refractivity contribution in [1.82, 2.24) is 15.5 Å². The Morgan fingerprint density at radius 2 is 2.33 bits per heavy atom. The van der Waals surface area contributed by atoms with Crippen LogP contribution in [0.1, 0.15) is 30.3 Å². The third kappa shape index (κ3) is 2.21. The normalized spacial score (nSPS) is 26.1. The highest BCUT2D eigenvalue weighted by Crippen LogP contribution is 2.15. The summed E-state index contributed by atoms with van der Waals surface area (Å²) in [6.45, 7) is 7.98. The van der Waals surface area contributed by atoms with Crippen LogP contribution in [0, 0.1) is 13.8 Å². The second kappa shape index (κ2) is 4.33. The Morgan fingerprint density at radius 3 is 2.87 bits per heavy atom. The monoisotopic (exact) mass is 209 g/mol. The predicted octanol–water partition coefficient (Wildman–Crippen LogP) is 1.29. The molecule has 0 aromatic carbocycles. The summed E-state index contributed by atoms with van der Waals surface area (Å²) < 4.78 is 5.51. The van der Waals surface area contributed by atoms with Gasteiger partial charge in [-0.05, 0) is 27.2 Å². The summed E-state index contributed by atoms with van der Waals surface area (Å²) >= 11 is 0. The van der Waals surface area contributed by atoms with E-state index in [2.05, 4.69) is 29.4 Å². The van der Waals surface area contributed by atoms with Gasteiger partial charge in [0.1, 0.15) is 0 Å². The minimum atomic E-state index is 0.331. The van der Waals surface area contributed by atoms with E-state index in [1.807, 2.05) is 6.92 Å². The maximum absolute atomic E-state index is 5.51. The van der Waals surface area contributed by atoms with Gasteiger partial charge in [0.2, 0.25) is 0 Å². The third-order valence-corrected chi connectivity index (χ3v) is 3.20. The first-order chi connectivity index (χ1) is 7.18. The minimum absolute atomic E-state index is 0.331. The van der Waals surface area contributed by atoms with E-state index >= 15 is 0 Å². The van der Waals surface area contributed by atoms with Crippen molar-refractivity contribution < 1.29 is 4.74 Å². The van der Waals surface area contributed by atoms with E-state index in [1.54, 1.807) is 0 Å². The van der Waals surface area contributed by atoms with Crippen molar-refractivity contribution in [1.29, 1.82) is 0 Å². The summed E-state index contributed by atoms with van der Waals surface area (Å²) in [5.74, 6) is 0. The van der Waals surface area contributed by atoms with Crippen LogP contribution in [0.15, 0.2) is 0 Å². The number of ether oxygens (including phenoxy) is 1. The molecule has 0 aliphatic carbocycles. The Bertz CT molecular complexity index is 315. The molecule has 0 radical (unpaired) electrons. The van der Waals surface area contributed by atoms with Crippen molar-refractivity contribution in [3.05, 3.63) is 17.0 Å². The Hall–Kier alpha value is -0.870. The molecule has 1 aliphatic rings. The van der Waals surface area contributed by atoms with Crippen LogP contribution in [0.2, 0.25) is 0 Å². The molecule has 0 bridgehead atoms. The van der Waals surface area contributed by atoms with Gasteiger partial charge >= 0.3 is 0 Å². The molecule has 4 nitrogen and oxygen atoms in total. The predicted molar refractivity (Wildman–Crippen MR) is 58.7 cm³/mol. The maximum Gasteiger partial charge on any atom is 0.0700 e. The van der Waals surface area contributed by atoms with Crippen LogP contribution in [-0.4, -0.2) is 29.0 Å². The lowest BCUT2D eigenvalue weighted by Crippen LogP contribution is -2.34. The number of aromatic amines is 1. The molecule has 1 aliphatic heterocycles. The maximum atomic E-state index is 5.51. The number of H-pyrrole nitrogens is 1. The number of hydrogen-bond acceptors (Lipinski definition) is 3. The second-order valence-corrected chi connectivity index (χ2v) is 4.26. The summed E-state index contributed by atoms with van der Waals surface area (Å²) in [5.41, 5.74) is 3.53. The van der Waals surface area contributed by atoms with E-state index < -0.39 is 0 Å². The molecule has 1 saturated heterocycles. The fourth-order valence-electron chi connectivity index (χ4n) is 2.07. The number of hydrogen-bond donors (Lipinski definition) is 2. The van der Waals surface area contributed by atoms with Crippen molar-refractivity contribution in [2.45, 2.75) is 45.9 Å². The molecule has 2 atom stereocenters. The summed E-state index contributed by atoms with van der Waals surface area (Å²) in [6, 6.07) is 0.485. The molecule has 1 aromatic rings. The first-order valence-corrected chi connectivity index (χ1v) is 5.54. The number of aromatic nitrogens is 2. The van der Waals surface area contributed by atoms with Crippen molar-refractivity contribution in [2.75, 3.05) is 6.61 Å². The molecular weight excluding hydrogens is 190 g/mol. The zero-order chi connectivity index (χ0) is 10.8. The average molecular weight is 209 g/mol. The van der Waals surface area contributed by atoms with Crippen molar-refractivity contribution in [3.63, 3.8) is 0 Å². The van der Waals surface area contributed by atoms with Gasteiger partial charge in [-0.25, -0.2) is 0 Å². The zero-order valence-corrected chi connectivity index (χ0v) is 9.63. The lowest BCUT2D eigenvalue weighted by molar-refractivity contribution is 0.113. The van der Waals surface area contributed by atoms with E-state index in [9.17, 15) is 0 Å². The van der Waals surface area contributed by atoms with Gasteiger partial charge < -0.3 is 10.1 Å². The van der Waals surface area contributed by atoms with E-state index in [0.29, 0.717) is 12.1 Å². The molecule has 0 saturated carbocycles. The Balaban J connectivity index is 1.93. The summed E-state index contributed by atoms with van der Waals surface area (Å²) in [4.78, 5) is 0. The fraction of sp³-hybridized carbons (Fsp3) is 0.727. The number of aryl methyl sites for hydroxylation is 2. The Morgan fingerprint density at radius 1 is 1.53 bits per heavy atom. The summed E-state index contributed by atoms with van der Waals surface area (Å²) in [6.07, 6.45) is 1.44. The lowest BCUT2D eigenvalue weighted by Gasteiger charge is -2.15. The van der Waals surface area contributed by atoms with Crippen LogP contribution >= 0.6 is 0 Å². The highest BCUT2D eigenvalue weighted by atomic mass is 16.5. The number of rotatable bonds is 3. The molecule has 0 amide bonds. The highest BCUT2D eigenvalue weighted by molar-refractivity contribution is 5.22.